The number of nitrogens with one attached hydrogen (secondary N) is 1. The summed E-state index contributed by atoms with van der Waals surface area (Å²) in [5.41, 5.74) is 1.02. The molecule has 1 heterocycles. The zero-order chi connectivity index (χ0) is 12.8. The highest BCUT2D eigenvalue weighted by atomic mass is 35.5. The number of hydrogen-bond acceptors (Lipinski definition) is 5. The van der Waals surface area contributed by atoms with Crippen LogP contribution in [0, 0.1) is 0 Å². The number of hydrogen-bond donors (Lipinski definition) is 1. The molecule has 6 heteroatoms. The molecule has 1 aromatic carbocycles. The fourth-order valence-electron chi connectivity index (χ4n) is 1.61. The van der Waals surface area contributed by atoms with Crippen molar-refractivity contribution in [2.45, 2.75) is 13.0 Å². The van der Waals surface area contributed by atoms with Crippen molar-refractivity contribution in [1.29, 1.82) is 0 Å². The summed E-state index contributed by atoms with van der Waals surface area (Å²) in [5, 5.41) is 7.52. The second-order valence-electron chi connectivity index (χ2n) is 3.72. The van der Waals surface area contributed by atoms with Crippen LogP contribution in [-0.4, -0.2) is 23.8 Å². The van der Waals surface area contributed by atoms with Gasteiger partial charge in [0.05, 0.1) is 7.11 Å². The molecule has 1 N–H and O–H groups in total. The molecule has 0 amide bonds. The van der Waals surface area contributed by atoms with E-state index in [0.29, 0.717) is 23.9 Å². The normalized spacial score (nSPS) is 10.6. The van der Waals surface area contributed by atoms with Gasteiger partial charge in [0.15, 0.2) is 6.33 Å². The van der Waals surface area contributed by atoms with Gasteiger partial charge in [0.2, 0.25) is 5.89 Å². The van der Waals surface area contributed by atoms with Crippen molar-refractivity contribution >= 4 is 11.6 Å². The summed E-state index contributed by atoms with van der Waals surface area (Å²) < 4.78 is 10.2. The number of ether oxygens (including phenoxy) is 1. The van der Waals surface area contributed by atoms with E-state index in [4.69, 9.17) is 20.9 Å². The molecule has 5 nitrogen and oxygen atoms in total. The van der Waals surface area contributed by atoms with Crippen molar-refractivity contribution in [2.75, 3.05) is 13.7 Å². The Kier molecular flexibility index (Phi) is 4.55. The molecule has 2 rings (SSSR count). The van der Waals surface area contributed by atoms with Crippen molar-refractivity contribution < 1.29 is 9.26 Å². The Morgan fingerprint density at radius 2 is 2.33 bits per heavy atom. The molecule has 0 aliphatic rings. The first kappa shape index (κ1) is 12.9. The summed E-state index contributed by atoms with van der Waals surface area (Å²) in [6.45, 7) is 1.43. The Morgan fingerprint density at radius 3 is 3.06 bits per heavy atom. The monoisotopic (exact) mass is 267 g/mol. The molecule has 2 aromatic rings. The Balaban J connectivity index is 1.84. The van der Waals surface area contributed by atoms with Crippen LogP contribution in [0.3, 0.4) is 0 Å². The highest BCUT2D eigenvalue weighted by Crippen LogP contribution is 2.22. The van der Waals surface area contributed by atoms with E-state index in [-0.39, 0.29) is 0 Å². The zero-order valence-corrected chi connectivity index (χ0v) is 10.8. The molecule has 0 spiro atoms. The lowest BCUT2D eigenvalue weighted by atomic mass is 10.2. The van der Waals surface area contributed by atoms with Gasteiger partial charge < -0.3 is 14.6 Å². The summed E-state index contributed by atoms with van der Waals surface area (Å²) in [5.74, 6) is 1.45. The Bertz CT molecular complexity index is 488. The Morgan fingerprint density at radius 1 is 1.44 bits per heavy atom. The SMILES string of the molecule is COc1ccc(Cl)cc1CNCCc1ncno1. The van der Waals surface area contributed by atoms with Gasteiger partial charge in [-0.1, -0.05) is 16.8 Å². The van der Waals surface area contributed by atoms with E-state index in [9.17, 15) is 0 Å². The third-order valence-electron chi connectivity index (χ3n) is 2.48. The van der Waals surface area contributed by atoms with Crippen LogP contribution in [0.5, 0.6) is 5.75 Å². The van der Waals surface area contributed by atoms with Gasteiger partial charge in [0, 0.05) is 30.1 Å². The number of nitrogens with zero attached hydrogens (tertiary/aromatic N) is 2. The van der Waals surface area contributed by atoms with Crippen molar-refractivity contribution in [3.05, 3.63) is 41.0 Å². The Hall–Kier alpha value is -1.59. The molecular weight excluding hydrogens is 254 g/mol. The molecule has 0 radical (unpaired) electrons. The van der Waals surface area contributed by atoms with E-state index in [2.05, 4.69) is 15.5 Å². The van der Waals surface area contributed by atoms with Gasteiger partial charge in [-0.05, 0) is 18.2 Å². The van der Waals surface area contributed by atoms with Gasteiger partial charge in [-0.25, -0.2) is 0 Å². The van der Waals surface area contributed by atoms with Crippen LogP contribution >= 0.6 is 11.6 Å². The largest absolute Gasteiger partial charge is 0.496 e. The minimum Gasteiger partial charge on any atom is -0.496 e. The van der Waals surface area contributed by atoms with E-state index in [1.54, 1.807) is 7.11 Å². The van der Waals surface area contributed by atoms with E-state index in [0.717, 1.165) is 17.9 Å². The summed E-state index contributed by atoms with van der Waals surface area (Å²) in [6, 6.07) is 5.56. The highest BCUT2D eigenvalue weighted by molar-refractivity contribution is 6.30. The molecule has 0 bridgehead atoms. The molecule has 18 heavy (non-hydrogen) atoms. The van der Waals surface area contributed by atoms with Crippen LogP contribution < -0.4 is 10.1 Å². The minimum absolute atomic E-state index is 0.626. The quantitative estimate of drug-likeness (QED) is 0.812. The summed E-state index contributed by atoms with van der Waals surface area (Å²) >= 11 is 5.95. The van der Waals surface area contributed by atoms with Gasteiger partial charge in [0.1, 0.15) is 5.75 Å². The zero-order valence-electron chi connectivity index (χ0n) is 10.0. The number of methoxy groups -OCH3 is 1. The number of rotatable bonds is 6. The van der Waals surface area contributed by atoms with Crippen LogP contribution in [0.15, 0.2) is 29.0 Å². The van der Waals surface area contributed by atoms with Gasteiger partial charge in [0.25, 0.3) is 0 Å². The van der Waals surface area contributed by atoms with Crippen LogP contribution in [0.1, 0.15) is 11.5 Å². The predicted octanol–water partition coefficient (Wildman–Crippen LogP) is 2.06. The van der Waals surface area contributed by atoms with E-state index < -0.39 is 0 Å². The lowest BCUT2D eigenvalue weighted by molar-refractivity contribution is 0.374. The summed E-state index contributed by atoms with van der Waals surface area (Å²) in [6.07, 6.45) is 2.10. The predicted molar refractivity (Wildman–Crippen MR) is 67.7 cm³/mol. The van der Waals surface area contributed by atoms with Crippen molar-refractivity contribution in [1.82, 2.24) is 15.5 Å². The average Bonchev–Trinajstić information content (AvgIpc) is 2.88. The second kappa shape index (κ2) is 6.37. The first-order valence-electron chi connectivity index (χ1n) is 5.58. The molecule has 0 saturated carbocycles. The molecule has 0 aliphatic carbocycles. The second-order valence-corrected chi connectivity index (χ2v) is 4.15. The highest BCUT2D eigenvalue weighted by Gasteiger charge is 2.04. The molecule has 0 aliphatic heterocycles. The van der Waals surface area contributed by atoms with Crippen molar-refractivity contribution in [2.24, 2.45) is 0 Å². The summed E-state index contributed by atoms with van der Waals surface area (Å²) in [7, 11) is 1.64. The van der Waals surface area contributed by atoms with Crippen LogP contribution in [0.4, 0.5) is 0 Å². The molecular formula is C12H14ClN3O2. The van der Waals surface area contributed by atoms with Crippen LogP contribution in [-0.2, 0) is 13.0 Å². The average molecular weight is 268 g/mol. The lowest BCUT2D eigenvalue weighted by Gasteiger charge is -2.09. The van der Waals surface area contributed by atoms with E-state index in [1.165, 1.54) is 6.33 Å². The molecule has 96 valence electrons. The van der Waals surface area contributed by atoms with Crippen molar-refractivity contribution in [3.63, 3.8) is 0 Å². The number of benzene rings is 1. The summed E-state index contributed by atoms with van der Waals surface area (Å²) in [4.78, 5) is 3.95. The van der Waals surface area contributed by atoms with Gasteiger partial charge in [-0.2, -0.15) is 4.98 Å². The third-order valence-corrected chi connectivity index (χ3v) is 2.72. The van der Waals surface area contributed by atoms with Gasteiger partial charge in [-0.3, -0.25) is 0 Å². The fourth-order valence-corrected chi connectivity index (χ4v) is 1.80. The molecule has 0 unspecified atom stereocenters. The van der Waals surface area contributed by atoms with E-state index in [1.807, 2.05) is 18.2 Å². The first-order valence-corrected chi connectivity index (χ1v) is 5.96. The fraction of sp³-hybridized carbons (Fsp3) is 0.333. The smallest absolute Gasteiger partial charge is 0.227 e. The lowest BCUT2D eigenvalue weighted by Crippen LogP contribution is -2.17. The minimum atomic E-state index is 0.626. The van der Waals surface area contributed by atoms with Gasteiger partial charge >= 0.3 is 0 Å². The number of halogens is 1. The van der Waals surface area contributed by atoms with Gasteiger partial charge in [-0.15, -0.1) is 0 Å². The third kappa shape index (κ3) is 3.45. The maximum atomic E-state index is 5.95. The van der Waals surface area contributed by atoms with Crippen molar-refractivity contribution in [3.8, 4) is 5.75 Å². The van der Waals surface area contributed by atoms with Crippen LogP contribution in [0.2, 0.25) is 5.02 Å². The van der Waals surface area contributed by atoms with E-state index >= 15 is 0 Å². The topological polar surface area (TPSA) is 60.2 Å². The first-order chi connectivity index (χ1) is 8.79. The standard InChI is InChI=1S/C12H14ClN3O2/c1-17-11-3-2-10(13)6-9(11)7-14-5-4-12-15-8-16-18-12/h2-3,6,8,14H,4-5,7H2,1H3. The maximum Gasteiger partial charge on any atom is 0.227 e. The molecule has 0 fully saturated rings. The number of aromatic nitrogens is 2. The molecule has 1 aromatic heterocycles. The molecule has 0 saturated heterocycles. The maximum absolute atomic E-state index is 5.95. The van der Waals surface area contributed by atoms with Crippen LogP contribution in [0.25, 0.3) is 0 Å². The Labute approximate surface area is 110 Å². The molecule has 0 atom stereocenters.